The molecule has 27 heavy (non-hydrogen) atoms. The summed E-state index contributed by atoms with van der Waals surface area (Å²) >= 11 is 0. The highest BCUT2D eigenvalue weighted by Crippen LogP contribution is 2.28. The minimum Gasteiger partial charge on any atom is -0.342 e. The normalized spacial score (nSPS) is 15.2. The van der Waals surface area contributed by atoms with Gasteiger partial charge < -0.3 is 4.90 Å². The van der Waals surface area contributed by atoms with Crippen molar-refractivity contribution in [3.8, 4) is 11.1 Å². The molecule has 1 aliphatic heterocycles. The van der Waals surface area contributed by atoms with Crippen molar-refractivity contribution in [3.63, 3.8) is 0 Å². The number of nitro benzene ring substituents is 1. The third-order valence-corrected chi connectivity index (χ3v) is 5.05. The monoisotopic (exact) mass is 365 g/mol. The molecule has 0 unspecified atom stereocenters. The van der Waals surface area contributed by atoms with Gasteiger partial charge in [0.1, 0.15) is 0 Å². The van der Waals surface area contributed by atoms with Crippen molar-refractivity contribution in [2.24, 2.45) is 5.92 Å². The lowest BCUT2D eigenvalue weighted by Crippen LogP contribution is -2.35. The second kappa shape index (κ2) is 6.79. The summed E-state index contributed by atoms with van der Waals surface area (Å²) in [4.78, 5) is 37.2. The van der Waals surface area contributed by atoms with E-state index in [2.05, 4.69) is 26.8 Å². The second-order valence-electron chi connectivity index (χ2n) is 6.92. The maximum atomic E-state index is 12.8. The molecule has 0 aliphatic carbocycles. The number of aromatic amines is 1. The number of hydrogen-bond donors (Lipinski definition) is 1. The molecule has 1 aromatic carbocycles. The van der Waals surface area contributed by atoms with E-state index in [9.17, 15) is 14.9 Å². The fourth-order valence-electron chi connectivity index (χ4n) is 3.45. The zero-order chi connectivity index (χ0) is 19.0. The summed E-state index contributed by atoms with van der Waals surface area (Å²) in [5.41, 5.74) is 1.19. The van der Waals surface area contributed by atoms with E-state index in [1.807, 2.05) is 0 Å². The Morgan fingerprint density at radius 3 is 2.78 bits per heavy atom. The molecule has 0 radical (unpaired) electrons. The molecular formula is C19H19N5O3. The zero-order valence-electron chi connectivity index (χ0n) is 14.9. The Morgan fingerprint density at radius 2 is 2.04 bits per heavy atom. The van der Waals surface area contributed by atoms with Crippen LogP contribution in [0.3, 0.4) is 0 Å². The summed E-state index contributed by atoms with van der Waals surface area (Å²) in [5.74, 6) is 1.20. The maximum Gasteiger partial charge on any atom is 0.270 e. The van der Waals surface area contributed by atoms with Crippen LogP contribution in [0.25, 0.3) is 22.2 Å². The smallest absolute Gasteiger partial charge is 0.270 e. The highest BCUT2D eigenvalue weighted by molar-refractivity contribution is 5.92. The molecule has 8 nitrogen and oxygen atoms in total. The molecular weight excluding hydrogens is 346 g/mol. The molecule has 2 aromatic heterocycles. The van der Waals surface area contributed by atoms with Gasteiger partial charge in [-0.05, 0) is 30.4 Å². The molecule has 0 atom stereocenters. The van der Waals surface area contributed by atoms with Crippen molar-refractivity contribution < 1.29 is 4.92 Å². The minimum atomic E-state index is -0.454. The van der Waals surface area contributed by atoms with Gasteiger partial charge in [0.15, 0.2) is 5.65 Å². The van der Waals surface area contributed by atoms with Gasteiger partial charge in [-0.3, -0.25) is 19.9 Å². The molecule has 1 aliphatic rings. The van der Waals surface area contributed by atoms with Crippen LogP contribution < -0.4 is 10.5 Å². The minimum absolute atomic E-state index is 0.0269. The van der Waals surface area contributed by atoms with Crippen LogP contribution in [0.5, 0.6) is 0 Å². The molecule has 0 saturated carbocycles. The molecule has 8 heteroatoms. The fourth-order valence-corrected chi connectivity index (χ4v) is 3.45. The number of H-pyrrole nitrogens is 1. The molecule has 1 saturated heterocycles. The van der Waals surface area contributed by atoms with E-state index in [1.54, 1.807) is 24.4 Å². The third-order valence-electron chi connectivity index (χ3n) is 5.05. The summed E-state index contributed by atoms with van der Waals surface area (Å²) in [6.45, 7) is 3.92. The molecule has 1 N–H and O–H groups in total. The zero-order valence-corrected chi connectivity index (χ0v) is 14.9. The average Bonchev–Trinajstić information content (AvgIpc) is 2.68. The molecule has 3 heterocycles. The van der Waals surface area contributed by atoms with E-state index in [0.717, 1.165) is 25.9 Å². The number of benzene rings is 1. The van der Waals surface area contributed by atoms with Crippen LogP contribution in [0.2, 0.25) is 0 Å². The number of nitrogens with zero attached hydrogens (tertiary/aromatic N) is 4. The average molecular weight is 365 g/mol. The van der Waals surface area contributed by atoms with Gasteiger partial charge in [0, 0.05) is 37.0 Å². The molecule has 1 fully saturated rings. The van der Waals surface area contributed by atoms with E-state index >= 15 is 0 Å². The number of fused-ring (bicyclic) bond motifs is 1. The van der Waals surface area contributed by atoms with Crippen LogP contribution >= 0.6 is 0 Å². The highest BCUT2D eigenvalue weighted by Gasteiger charge is 2.20. The summed E-state index contributed by atoms with van der Waals surface area (Å²) < 4.78 is 0. The lowest BCUT2D eigenvalue weighted by atomic mass is 9.99. The molecule has 3 aromatic rings. The first-order valence-corrected chi connectivity index (χ1v) is 8.92. The van der Waals surface area contributed by atoms with E-state index in [4.69, 9.17) is 0 Å². The van der Waals surface area contributed by atoms with Gasteiger partial charge in [-0.2, -0.15) is 4.98 Å². The largest absolute Gasteiger partial charge is 0.342 e. The van der Waals surface area contributed by atoms with E-state index in [-0.39, 0.29) is 11.2 Å². The van der Waals surface area contributed by atoms with Crippen molar-refractivity contribution in [1.82, 2.24) is 15.0 Å². The fraction of sp³-hybridized carbons (Fsp3) is 0.316. The van der Waals surface area contributed by atoms with E-state index in [1.165, 1.54) is 12.1 Å². The number of hydrogen-bond acceptors (Lipinski definition) is 6. The Kier molecular flexibility index (Phi) is 4.31. The van der Waals surface area contributed by atoms with Crippen LogP contribution in [0.15, 0.2) is 41.3 Å². The van der Waals surface area contributed by atoms with Crippen molar-refractivity contribution in [2.45, 2.75) is 19.8 Å². The number of anilines is 1. The van der Waals surface area contributed by atoms with Crippen LogP contribution in [0, 0.1) is 16.0 Å². The number of nitrogens with one attached hydrogen (secondary N) is 1. The quantitative estimate of drug-likeness (QED) is 0.565. The maximum absolute atomic E-state index is 12.8. The van der Waals surface area contributed by atoms with Crippen LogP contribution in [-0.4, -0.2) is 33.0 Å². The van der Waals surface area contributed by atoms with Crippen LogP contribution in [0.4, 0.5) is 11.6 Å². The SMILES string of the molecule is CC1CCN(c2nc3nccc(-c4cccc([N+](=O)[O-])c4)c3c(=O)[nH]2)CC1. The molecule has 0 bridgehead atoms. The first kappa shape index (κ1) is 17.1. The van der Waals surface area contributed by atoms with E-state index in [0.29, 0.717) is 34.0 Å². The molecule has 0 amide bonds. The Balaban J connectivity index is 1.81. The van der Waals surface area contributed by atoms with Gasteiger partial charge in [0.2, 0.25) is 5.95 Å². The van der Waals surface area contributed by atoms with Crippen molar-refractivity contribution in [1.29, 1.82) is 0 Å². The van der Waals surface area contributed by atoms with Crippen molar-refractivity contribution >= 4 is 22.7 Å². The predicted octanol–water partition coefficient (Wildman–Crippen LogP) is 3.13. The number of non-ortho nitro benzene ring substituents is 1. The summed E-state index contributed by atoms with van der Waals surface area (Å²) in [6, 6.07) is 7.89. The highest BCUT2D eigenvalue weighted by atomic mass is 16.6. The number of aromatic nitrogens is 3. The first-order chi connectivity index (χ1) is 13.0. The van der Waals surface area contributed by atoms with Crippen molar-refractivity contribution in [2.75, 3.05) is 18.0 Å². The summed E-state index contributed by atoms with van der Waals surface area (Å²) in [7, 11) is 0. The van der Waals surface area contributed by atoms with Crippen molar-refractivity contribution in [3.05, 3.63) is 57.0 Å². The molecule has 4 rings (SSSR count). The molecule has 0 spiro atoms. The van der Waals surface area contributed by atoms with Gasteiger partial charge in [-0.1, -0.05) is 19.1 Å². The Hall–Kier alpha value is -3.29. The van der Waals surface area contributed by atoms with Crippen LogP contribution in [0.1, 0.15) is 19.8 Å². The number of rotatable bonds is 3. The lowest BCUT2D eigenvalue weighted by Gasteiger charge is -2.30. The second-order valence-corrected chi connectivity index (χ2v) is 6.92. The third kappa shape index (κ3) is 3.25. The van der Waals surface area contributed by atoms with Gasteiger partial charge in [0.05, 0.1) is 10.3 Å². The topological polar surface area (TPSA) is 105 Å². The number of nitro groups is 1. The number of pyridine rings is 1. The standard InChI is InChI=1S/C19H19N5O3/c1-12-6-9-23(10-7-12)19-21-17-16(18(25)22-19)15(5-8-20-17)13-3-2-4-14(11-13)24(26)27/h2-5,8,11-12H,6-7,9-10H2,1H3,(H,20,21,22,25). The Bertz CT molecular complexity index is 1070. The number of piperidine rings is 1. The Labute approximate surface area is 155 Å². The van der Waals surface area contributed by atoms with Gasteiger partial charge in [0.25, 0.3) is 11.2 Å². The summed E-state index contributed by atoms with van der Waals surface area (Å²) in [5, 5.41) is 11.4. The lowest BCUT2D eigenvalue weighted by molar-refractivity contribution is -0.384. The van der Waals surface area contributed by atoms with Crippen LogP contribution in [-0.2, 0) is 0 Å². The van der Waals surface area contributed by atoms with Gasteiger partial charge in [-0.25, -0.2) is 4.98 Å². The van der Waals surface area contributed by atoms with E-state index < -0.39 is 4.92 Å². The first-order valence-electron chi connectivity index (χ1n) is 8.92. The van der Waals surface area contributed by atoms with Gasteiger partial charge in [-0.15, -0.1) is 0 Å². The molecule has 138 valence electrons. The predicted molar refractivity (Wildman–Crippen MR) is 103 cm³/mol. The van der Waals surface area contributed by atoms with Gasteiger partial charge >= 0.3 is 0 Å². The summed E-state index contributed by atoms with van der Waals surface area (Å²) in [6.07, 6.45) is 3.69. The Morgan fingerprint density at radius 1 is 1.26 bits per heavy atom.